The molecule has 0 aromatic carbocycles. The molecule has 0 aromatic rings. The highest BCUT2D eigenvalue weighted by Crippen LogP contribution is 2.14. The second-order valence-corrected chi connectivity index (χ2v) is 5.55. The SMILES string of the molecule is CCC(C)CC(CC)NC(C)CC(C)C. The van der Waals surface area contributed by atoms with Gasteiger partial charge in [0.1, 0.15) is 0 Å². The lowest BCUT2D eigenvalue weighted by molar-refractivity contribution is 0.332. The minimum absolute atomic E-state index is 0.666. The molecule has 92 valence electrons. The molecule has 3 atom stereocenters. The van der Waals surface area contributed by atoms with Gasteiger partial charge < -0.3 is 5.32 Å². The molecule has 0 radical (unpaired) electrons. The van der Waals surface area contributed by atoms with Gasteiger partial charge in [-0.15, -0.1) is 0 Å². The summed E-state index contributed by atoms with van der Waals surface area (Å²) in [6, 6.07) is 1.38. The van der Waals surface area contributed by atoms with E-state index in [1.165, 1.54) is 25.7 Å². The lowest BCUT2D eigenvalue weighted by atomic mass is 9.96. The van der Waals surface area contributed by atoms with E-state index < -0.39 is 0 Å². The van der Waals surface area contributed by atoms with Gasteiger partial charge in [-0.25, -0.2) is 0 Å². The Bertz CT molecular complexity index is 142. The van der Waals surface area contributed by atoms with Gasteiger partial charge in [-0.2, -0.15) is 0 Å². The topological polar surface area (TPSA) is 12.0 Å². The predicted molar refractivity (Wildman–Crippen MR) is 70.2 cm³/mol. The van der Waals surface area contributed by atoms with Crippen LogP contribution in [0.15, 0.2) is 0 Å². The minimum Gasteiger partial charge on any atom is -0.311 e. The maximum absolute atomic E-state index is 3.76. The molecule has 0 saturated carbocycles. The van der Waals surface area contributed by atoms with Crippen molar-refractivity contribution >= 4 is 0 Å². The molecule has 0 fully saturated rings. The summed E-state index contributed by atoms with van der Waals surface area (Å²) in [6.07, 6.45) is 5.18. The fourth-order valence-corrected chi connectivity index (χ4v) is 2.18. The van der Waals surface area contributed by atoms with Crippen molar-refractivity contribution in [3.05, 3.63) is 0 Å². The molecule has 1 nitrogen and oxygen atoms in total. The Morgan fingerprint density at radius 2 is 1.47 bits per heavy atom. The van der Waals surface area contributed by atoms with E-state index in [1.807, 2.05) is 0 Å². The van der Waals surface area contributed by atoms with Gasteiger partial charge in [0.25, 0.3) is 0 Å². The second-order valence-electron chi connectivity index (χ2n) is 5.55. The number of hydrogen-bond donors (Lipinski definition) is 1. The molecule has 1 heteroatoms. The van der Waals surface area contributed by atoms with Gasteiger partial charge in [0.15, 0.2) is 0 Å². The van der Waals surface area contributed by atoms with Gasteiger partial charge >= 0.3 is 0 Å². The molecule has 0 saturated heterocycles. The predicted octanol–water partition coefficient (Wildman–Crippen LogP) is 4.23. The first-order valence-corrected chi connectivity index (χ1v) is 6.75. The van der Waals surface area contributed by atoms with Crippen LogP contribution in [0.1, 0.15) is 67.2 Å². The number of rotatable bonds is 8. The Kier molecular flexibility index (Phi) is 8.13. The molecule has 0 aromatic heterocycles. The van der Waals surface area contributed by atoms with Crippen LogP contribution in [0.25, 0.3) is 0 Å². The van der Waals surface area contributed by atoms with Crippen LogP contribution in [-0.4, -0.2) is 12.1 Å². The Hall–Kier alpha value is -0.0400. The van der Waals surface area contributed by atoms with Crippen molar-refractivity contribution in [1.29, 1.82) is 0 Å². The van der Waals surface area contributed by atoms with Crippen LogP contribution in [0.4, 0.5) is 0 Å². The summed E-state index contributed by atoms with van der Waals surface area (Å²) in [7, 11) is 0. The third-order valence-electron chi connectivity index (χ3n) is 3.22. The summed E-state index contributed by atoms with van der Waals surface area (Å²) in [5.41, 5.74) is 0. The van der Waals surface area contributed by atoms with Gasteiger partial charge in [-0.3, -0.25) is 0 Å². The average Bonchev–Trinajstić information content (AvgIpc) is 2.15. The van der Waals surface area contributed by atoms with Gasteiger partial charge in [-0.05, 0) is 38.0 Å². The number of nitrogens with one attached hydrogen (secondary N) is 1. The molecule has 0 rings (SSSR count). The van der Waals surface area contributed by atoms with E-state index >= 15 is 0 Å². The van der Waals surface area contributed by atoms with Crippen LogP contribution in [0.5, 0.6) is 0 Å². The van der Waals surface area contributed by atoms with E-state index in [0.717, 1.165) is 11.8 Å². The van der Waals surface area contributed by atoms with E-state index in [4.69, 9.17) is 0 Å². The fourth-order valence-electron chi connectivity index (χ4n) is 2.18. The Morgan fingerprint density at radius 1 is 0.867 bits per heavy atom. The summed E-state index contributed by atoms with van der Waals surface area (Å²) in [5.74, 6) is 1.65. The highest BCUT2D eigenvalue weighted by molar-refractivity contribution is 4.73. The Balaban J connectivity index is 3.87. The fraction of sp³-hybridized carbons (Fsp3) is 1.00. The van der Waals surface area contributed by atoms with Crippen LogP contribution in [0.3, 0.4) is 0 Å². The van der Waals surface area contributed by atoms with E-state index in [9.17, 15) is 0 Å². The lowest BCUT2D eigenvalue weighted by Crippen LogP contribution is -2.37. The van der Waals surface area contributed by atoms with Crippen molar-refractivity contribution in [2.75, 3.05) is 0 Å². The summed E-state index contributed by atoms with van der Waals surface area (Å²) >= 11 is 0. The molecular formula is C14H31N. The molecule has 0 bridgehead atoms. The molecular weight excluding hydrogens is 182 g/mol. The van der Waals surface area contributed by atoms with Gasteiger partial charge in [0, 0.05) is 12.1 Å². The van der Waals surface area contributed by atoms with E-state index in [1.54, 1.807) is 0 Å². The summed E-state index contributed by atoms with van der Waals surface area (Å²) in [5, 5.41) is 3.76. The van der Waals surface area contributed by atoms with E-state index in [-0.39, 0.29) is 0 Å². The summed E-state index contributed by atoms with van der Waals surface area (Å²) < 4.78 is 0. The van der Waals surface area contributed by atoms with Gasteiger partial charge in [0.05, 0.1) is 0 Å². The van der Waals surface area contributed by atoms with Gasteiger partial charge in [-0.1, -0.05) is 41.0 Å². The quantitative estimate of drug-likeness (QED) is 0.636. The van der Waals surface area contributed by atoms with Crippen molar-refractivity contribution in [2.45, 2.75) is 79.3 Å². The average molecular weight is 213 g/mol. The lowest BCUT2D eigenvalue weighted by Gasteiger charge is -2.25. The normalized spacial score (nSPS) is 17.8. The molecule has 0 heterocycles. The third-order valence-corrected chi connectivity index (χ3v) is 3.22. The first kappa shape index (κ1) is 15.0. The van der Waals surface area contributed by atoms with E-state index in [2.05, 4.69) is 46.9 Å². The van der Waals surface area contributed by atoms with Crippen LogP contribution < -0.4 is 5.32 Å². The molecule has 0 spiro atoms. The Labute approximate surface area is 97.0 Å². The molecule has 0 aliphatic carbocycles. The minimum atomic E-state index is 0.666. The first-order chi connectivity index (χ1) is 6.99. The van der Waals surface area contributed by atoms with Crippen LogP contribution in [0.2, 0.25) is 0 Å². The molecule has 0 aliphatic heterocycles. The zero-order valence-corrected chi connectivity index (χ0v) is 11.6. The Morgan fingerprint density at radius 3 is 1.87 bits per heavy atom. The smallest absolute Gasteiger partial charge is 0.00694 e. The van der Waals surface area contributed by atoms with Gasteiger partial charge in [0.2, 0.25) is 0 Å². The van der Waals surface area contributed by atoms with Crippen LogP contribution in [-0.2, 0) is 0 Å². The van der Waals surface area contributed by atoms with Crippen LogP contribution in [0, 0.1) is 11.8 Å². The standard InChI is InChI=1S/C14H31N/c1-7-12(5)10-14(8-2)15-13(6)9-11(3)4/h11-15H,7-10H2,1-6H3. The monoisotopic (exact) mass is 213 g/mol. The highest BCUT2D eigenvalue weighted by atomic mass is 14.9. The number of hydrogen-bond acceptors (Lipinski definition) is 1. The van der Waals surface area contributed by atoms with Crippen LogP contribution >= 0.6 is 0 Å². The second kappa shape index (κ2) is 8.15. The van der Waals surface area contributed by atoms with Crippen molar-refractivity contribution in [2.24, 2.45) is 11.8 Å². The zero-order chi connectivity index (χ0) is 11.8. The molecule has 3 unspecified atom stereocenters. The first-order valence-electron chi connectivity index (χ1n) is 6.75. The van der Waals surface area contributed by atoms with E-state index in [0.29, 0.717) is 12.1 Å². The molecule has 0 aliphatic rings. The largest absolute Gasteiger partial charge is 0.311 e. The summed E-state index contributed by atoms with van der Waals surface area (Å²) in [6.45, 7) is 13.9. The van der Waals surface area contributed by atoms with Crippen molar-refractivity contribution in [3.8, 4) is 0 Å². The zero-order valence-electron chi connectivity index (χ0n) is 11.6. The van der Waals surface area contributed by atoms with Crippen molar-refractivity contribution < 1.29 is 0 Å². The van der Waals surface area contributed by atoms with Crippen molar-refractivity contribution in [1.82, 2.24) is 5.32 Å². The van der Waals surface area contributed by atoms with Crippen molar-refractivity contribution in [3.63, 3.8) is 0 Å². The summed E-state index contributed by atoms with van der Waals surface area (Å²) in [4.78, 5) is 0. The third kappa shape index (κ3) is 7.84. The highest BCUT2D eigenvalue weighted by Gasteiger charge is 2.13. The maximum Gasteiger partial charge on any atom is 0.00694 e. The molecule has 1 N–H and O–H groups in total. The molecule has 15 heavy (non-hydrogen) atoms. The molecule has 0 amide bonds. The maximum atomic E-state index is 3.76.